The number of aromatic nitrogens is 2. The van der Waals surface area contributed by atoms with Crippen LogP contribution in [0.15, 0.2) is 4.60 Å². The Morgan fingerprint density at radius 1 is 1.75 bits per heavy atom. The van der Waals surface area contributed by atoms with Crippen molar-refractivity contribution in [1.82, 2.24) is 14.7 Å². The topological polar surface area (TPSA) is 117 Å². The molecule has 1 unspecified atom stereocenters. The van der Waals surface area contributed by atoms with Gasteiger partial charge in [0.15, 0.2) is 5.66 Å². The summed E-state index contributed by atoms with van der Waals surface area (Å²) < 4.78 is 6.85. The number of carboxylic acid groups (broad SMARTS) is 1. The molecule has 0 bridgehead atoms. The first kappa shape index (κ1) is 14.6. The van der Waals surface area contributed by atoms with Crippen molar-refractivity contribution in [3.63, 3.8) is 0 Å². The van der Waals surface area contributed by atoms with Crippen LogP contribution in [0.5, 0.6) is 0 Å². The summed E-state index contributed by atoms with van der Waals surface area (Å²) in [7, 11) is 1.49. The highest BCUT2D eigenvalue weighted by atomic mass is 79.9. The van der Waals surface area contributed by atoms with E-state index in [9.17, 15) is 9.90 Å². The molecule has 0 aromatic carbocycles. The average molecular weight is 344 g/mol. The Labute approximate surface area is 123 Å². The van der Waals surface area contributed by atoms with Gasteiger partial charge in [-0.2, -0.15) is 10.4 Å². The van der Waals surface area contributed by atoms with Crippen LogP contribution < -0.4 is 5.73 Å². The van der Waals surface area contributed by atoms with E-state index in [1.165, 1.54) is 16.7 Å². The van der Waals surface area contributed by atoms with Crippen molar-refractivity contribution in [3.8, 4) is 6.07 Å². The predicted molar refractivity (Wildman–Crippen MR) is 72.9 cm³/mol. The monoisotopic (exact) mass is 343 g/mol. The highest BCUT2D eigenvalue weighted by Gasteiger charge is 2.48. The van der Waals surface area contributed by atoms with Crippen LogP contribution in [0.4, 0.5) is 10.6 Å². The smallest absolute Gasteiger partial charge is 0.409 e. The zero-order chi connectivity index (χ0) is 14.9. The maximum absolute atomic E-state index is 11.4. The number of rotatable bonds is 3. The maximum atomic E-state index is 11.4. The van der Waals surface area contributed by atoms with Crippen LogP contribution in [0.1, 0.15) is 18.4 Å². The van der Waals surface area contributed by atoms with E-state index in [-0.39, 0.29) is 18.0 Å². The molecule has 1 saturated heterocycles. The predicted octanol–water partition coefficient (Wildman–Crippen LogP) is 1.17. The van der Waals surface area contributed by atoms with Crippen LogP contribution in [-0.2, 0) is 10.4 Å². The molecular formula is C11H14BrN5O3. The Kier molecular flexibility index (Phi) is 3.87. The normalized spacial score (nSPS) is 21.9. The number of nitrogens with zero attached hydrogens (tertiary/aromatic N) is 4. The molecule has 2 heterocycles. The van der Waals surface area contributed by atoms with Gasteiger partial charge in [0, 0.05) is 13.7 Å². The maximum Gasteiger partial charge on any atom is 0.409 e. The summed E-state index contributed by atoms with van der Waals surface area (Å²) in [4.78, 5) is 12.7. The fourth-order valence-electron chi connectivity index (χ4n) is 2.62. The van der Waals surface area contributed by atoms with Crippen molar-refractivity contribution in [1.29, 1.82) is 5.26 Å². The summed E-state index contributed by atoms with van der Waals surface area (Å²) in [5, 5.41) is 22.6. The Hall–Kier alpha value is -1.79. The average Bonchev–Trinajstić information content (AvgIpc) is 2.92. The van der Waals surface area contributed by atoms with Crippen molar-refractivity contribution >= 4 is 27.8 Å². The zero-order valence-electron chi connectivity index (χ0n) is 10.8. The molecular weight excluding hydrogens is 330 g/mol. The van der Waals surface area contributed by atoms with Crippen LogP contribution in [0.25, 0.3) is 0 Å². The van der Waals surface area contributed by atoms with Crippen LogP contribution in [0.2, 0.25) is 0 Å². The molecule has 20 heavy (non-hydrogen) atoms. The number of hydrogen-bond donors (Lipinski definition) is 2. The molecule has 9 heteroatoms. The quantitative estimate of drug-likeness (QED) is 0.850. The third kappa shape index (κ3) is 2.01. The molecule has 1 aliphatic heterocycles. The standard InChI is InChI=1S/C11H14BrN5O3/c1-20-6-11(3-2-4-16(11)10(18)19)17-9(14)7(5-13)8(12)15-17/h2-4,6,14H2,1H3,(H,18,19). The Balaban J connectivity index is 2.60. The summed E-state index contributed by atoms with van der Waals surface area (Å²) >= 11 is 3.17. The van der Waals surface area contributed by atoms with Crippen molar-refractivity contribution in [2.24, 2.45) is 0 Å². The first-order valence-electron chi connectivity index (χ1n) is 5.92. The molecule has 108 valence electrons. The molecule has 1 aromatic rings. The number of nitrogens with two attached hydrogens (primary N) is 1. The number of likely N-dealkylation sites (tertiary alicyclic amines) is 1. The lowest BCUT2D eigenvalue weighted by atomic mass is 10.1. The Bertz CT molecular complexity index is 581. The molecule has 1 aliphatic rings. The molecule has 0 saturated carbocycles. The molecule has 1 aromatic heterocycles. The van der Waals surface area contributed by atoms with Gasteiger partial charge in [0.1, 0.15) is 22.1 Å². The first-order chi connectivity index (χ1) is 9.47. The zero-order valence-corrected chi connectivity index (χ0v) is 12.4. The number of ether oxygens (including phenoxy) is 1. The van der Waals surface area contributed by atoms with Gasteiger partial charge in [-0.05, 0) is 28.8 Å². The number of carbonyl (C=O) groups is 1. The van der Waals surface area contributed by atoms with Gasteiger partial charge in [-0.1, -0.05) is 0 Å². The van der Waals surface area contributed by atoms with Crippen LogP contribution in [0, 0.1) is 11.3 Å². The molecule has 0 radical (unpaired) electrons. The summed E-state index contributed by atoms with van der Waals surface area (Å²) in [5.74, 6) is 0.129. The lowest BCUT2D eigenvalue weighted by molar-refractivity contribution is -0.0152. The molecule has 3 N–H and O–H groups in total. The highest BCUT2D eigenvalue weighted by molar-refractivity contribution is 9.10. The van der Waals surface area contributed by atoms with Crippen molar-refractivity contribution in [2.45, 2.75) is 18.5 Å². The van der Waals surface area contributed by atoms with E-state index in [1.807, 2.05) is 6.07 Å². The van der Waals surface area contributed by atoms with Gasteiger partial charge < -0.3 is 15.6 Å². The minimum atomic E-state index is -1.07. The molecule has 2 rings (SSSR count). The van der Waals surface area contributed by atoms with Gasteiger partial charge in [0.25, 0.3) is 0 Å². The lowest BCUT2D eigenvalue weighted by Crippen LogP contribution is -2.52. The van der Waals surface area contributed by atoms with Crippen LogP contribution in [-0.4, -0.2) is 46.1 Å². The van der Waals surface area contributed by atoms with Gasteiger partial charge in [-0.15, -0.1) is 0 Å². The number of nitriles is 1. The third-order valence-electron chi connectivity index (χ3n) is 3.45. The van der Waals surface area contributed by atoms with Crippen molar-refractivity contribution in [3.05, 3.63) is 10.2 Å². The first-order valence-corrected chi connectivity index (χ1v) is 6.71. The highest BCUT2D eigenvalue weighted by Crippen LogP contribution is 2.38. The van der Waals surface area contributed by atoms with Crippen molar-refractivity contribution in [2.75, 3.05) is 26.0 Å². The third-order valence-corrected chi connectivity index (χ3v) is 4.01. The molecule has 0 aliphatic carbocycles. The minimum absolute atomic E-state index is 0.114. The number of halogens is 1. The van der Waals surface area contributed by atoms with Gasteiger partial charge in [0.2, 0.25) is 0 Å². The number of methoxy groups -OCH3 is 1. The molecule has 1 amide bonds. The Morgan fingerprint density at radius 2 is 2.45 bits per heavy atom. The minimum Gasteiger partial charge on any atom is -0.465 e. The van der Waals surface area contributed by atoms with E-state index in [4.69, 9.17) is 15.7 Å². The molecule has 1 fully saturated rings. The molecule has 1 atom stereocenters. The second-order valence-corrected chi connectivity index (χ2v) is 5.28. The van der Waals surface area contributed by atoms with Gasteiger partial charge in [-0.3, -0.25) is 4.90 Å². The van der Waals surface area contributed by atoms with E-state index in [2.05, 4.69) is 21.0 Å². The Morgan fingerprint density at radius 3 is 2.95 bits per heavy atom. The van der Waals surface area contributed by atoms with E-state index >= 15 is 0 Å². The van der Waals surface area contributed by atoms with Gasteiger partial charge in [-0.25, -0.2) is 9.48 Å². The number of hydrogen-bond acceptors (Lipinski definition) is 5. The fraction of sp³-hybridized carbons (Fsp3) is 0.545. The number of anilines is 1. The molecule has 8 nitrogen and oxygen atoms in total. The fourth-order valence-corrected chi connectivity index (χ4v) is 3.07. The summed E-state index contributed by atoms with van der Waals surface area (Å²) in [6.45, 7) is 0.486. The van der Waals surface area contributed by atoms with Crippen LogP contribution in [0.3, 0.4) is 0 Å². The summed E-state index contributed by atoms with van der Waals surface area (Å²) in [5.41, 5.74) is 5.13. The van der Waals surface area contributed by atoms with E-state index < -0.39 is 11.8 Å². The second-order valence-electron chi connectivity index (χ2n) is 4.53. The van der Waals surface area contributed by atoms with E-state index in [1.54, 1.807) is 0 Å². The lowest BCUT2D eigenvalue weighted by Gasteiger charge is -2.36. The van der Waals surface area contributed by atoms with Gasteiger partial charge in [0.05, 0.1) is 6.61 Å². The molecule has 0 spiro atoms. The summed E-state index contributed by atoms with van der Waals surface area (Å²) in [6, 6.07) is 1.95. The summed E-state index contributed by atoms with van der Waals surface area (Å²) in [6.07, 6.45) is 0.134. The largest absolute Gasteiger partial charge is 0.465 e. The SMILES string of the molecule is COCC1(n2nc(Br)c(C#N)c2N)CCCN1C(=O)O. The van der Waals surface area contributed by atoms with Gasteiger partial charge >= 0.3 is 6.09 Å². The van der Waals surface area contributed by atoms with Crippen molar-refractivity contribution < 1.29 is 14.6 Å². The van der Waals surface area contributed by atoms with E-state index in [0.717, 1.165) is 0 Å². The van der Waals surface area contributed by atoms with Crippen LogP contribution >= 0.6 is 15.9 Å². The van der Waals surface area contributed by atoms with E-state index in [0.29, 0.717) is 24.0 Å². The number of nitrogen functional groups attached to an aromatic ring is 1. The number of amides is 1. The second kappa shape index (κ2) is 5.30.